The summed E-state index contributed by atoms with van der Waals surface area (Å²) in [5.74, 6) is -1.42. The molecule has 0 atom stereocenters. The smallest absolute Gasteiger partial charge is 0.348 e. The van der Waals surface area contributed by atoms with Crippen LogP contribution in [-0.4, -0.2) is 24.6 Å². The van der Waals surface area contributed by atoms with E-state index in [0.717, 1.165) is 25.0 Å². The van der Waals surface area contributed by atoms with Crippen molar-refractivity contribution in [1.29, 1.82) is 0 Å². The highest BCUT2D eigenvalue weighted by molar-refractivity contribution is 7.91. The van der Waals surface area contributed by atoms with Gasteiger partial charge in [0, 0.05) is 30.1 Å². The molecule has 1 heterocycles. The second kappa shape index (κ2) is 10.6. The molecule has 1 saturated carbocycles. The number of sulfone groups is 1. The Balaban J connectivity index is 1.42. The molecule has 5 nitrogen and oxygen atoms in total. The molecule has 1 fully saturated rings. The van der Waals surface area contributed by atoms with Crippen molar-refractivity contribution in [2.45, 2.75) is 49.8 Å². The van der Waals surface area contributed by atoms with Crippen LogP contribution in [0.1, 0.15) is 58.5 Å². The highest BCUT2D eigenvalue weighted by Gasteiger charge is 2.35. The summed E-state index contributed by atoms with van der Waals surface area (Å²) in [6.45, 7) is 1.70. The summed E-state index contributed by atoms with van der Waals surface area (Å²) in [7, 11) is -3.33. The Kier molecular flexibility index (Phi) is 7.43. The molecule has 1 aliphatic carbocycles. The van der Waals surface area contributed by atoms with Gasteiger partial charge >= 0.3 is 6.18 Å². The number of nitrogens with zero attached hydrogens (tertiary/aromatic N) is 1. The van der Waals surface area contributed by atoms with Gasteiger partial charge in [-0.1, -0.05) is 36.7 Å². The molecule has 1 amide bonds. The van der Waals surface area contributed by atoms with Crippen LogP contribution < -0.4 is 5.32 Å². The fraction of sp³-hybridized carbons (Fsp3) is 0.276. The lowest BCUT2D eigenvalue weighted by Crippen LogP contribution is -2.23. The molecule has 1 N–H and O–H groups in total. The monoisotopic (exact) mass is 592 g/mol. The van der Waals surface area contributed by atoms with Crippen LogP contribution in [0.2, 0.25) is 5.02 Å². The zero-order valence-electron chi connectivity index (χ0n) is 21.4. The first-order chi connectivity index (χ1) is 18.9. The summed E-state index contributed by atoms with van der Waals surface area (Å²) >= 11 is 6.50. The van der Waals surface area contributed by atoms with Crippen LogP contribution in [-0.2, 0) is 29.0 Å². The minimum atomic E-state index is -4.70. The van der Waals surface area contributed by atoms with E-state index in [1.807, 2.05) is 4.57 Å². The fourth-order valence-electron chi connectivity index (χ4n) is 4.80. The van der Waals surface area contributed by atoms with Gasteiger partial charge in [-0.25, -0.2) is 12.8 Å². The number of benzene rings is 3. The number of hydrogen-bond donors (Lipinski definition) is 1. The van der Waals surface area contributed by atoms with Crippen LogP contribution in [0.3, 0.4) is 0 Å². The molecule has 0 aliphatic heterocycles. The third-order valence-electron chi connectivity index (χ3n) is 7.03. The van der Waals surface area contributed by atoms with Gasteiger partial charge in [-0.3, -0.25) is 4.79 Å². The molecule has 0 saturated heterocycles. The third-order valence-corrected chi connectivity index (χ3v) is 9.09. The second-order valence-corrected chi connectivity index (χ2v) is 12.5. The number of amides is 1. The minimum Gasteiger partial charge on any atom is -0.348 e. The third kappa shape index (κ3) is 5.74. The van der Waals surface area contributed by atoms with Gasteiger partial charge in [-0.05, 0) is 66.4 Å². The predicted molar refractivity (Wildman–Crippen MR) is 145 cm³/mol. The average molecular weight is 593 g/mol. The SMILES string of the molecule is CCS(=O)(=O)c1ccc(CNC(=O)c2cc3cc(Cc4ccc(F)cc4C(F)(F)F)n(C4CC4)c3cc2Cl)cc1. The Morgan fingerprint density at radius 2 is 1.75 bits per heavy atom. The predicted octanol–water partition coefficient (Wildman–Crippen LogP) is 7.10. The van der Waals surface area contributed by atoms with Gasteiger partial charge in [-0.15, -0.1) is 0 Å². The molecule has 4 aromatic rings. The molecule has 11 heteroatoms. The molecule has 40 heavy (non-hydrogen) atoms. The number of nitrogens with one attached hydrogen (secondary N) is 1. The molecule has 0 radical (unpaired) electrons. The summed E-state index contributed by atoms with van der Waals surface area (Å²) in [6.07, 6.45) is -3.04. The van der Waals surface area contributed by atoms with E-state index in [-0.39, 0.29) is 45.8 Å². The molecule has 1 aromatic heterocycles. The van der Waals surface area contributed by atoms with Crippen LogP contribution in [0.4, 0.5) is 17.6 Å². The zero-order chi connectivity index (χ0) is 28.8. The van der Waals surface area contributed by atoms with E-state index < -0.39 is 33.3 Å². The number of aromatic nitrogens is 1. The van der Waals surface area contributed by atoms with Crippen molar-refractivity contribution in [2.24, 2.45) is 0 Å². The first-order valence-corrected chi connectivity index (χ1v) is 14.7. The molecule has 0 unspecified atom stereocenters. The average Bonchev–Trinajstić information content (AvgIpc) is 3.68. The fourth-order valence-corrected chi connectivity index (χ4v) is 5.93. The van der Waals surface area contributed by atoms with Crippen molar-refractivity contribution >= 4 is 38.2 Å². The highest BCUT2D eigenvalue weighted by atomic mass is 35.5. The van der Waals surface area contributed by atoms with Crippen LogP contribution in [0.25, 0.3) is 10.9 Å². The van der Waals surface area contributed by atoms with E-state index in [1.54, 1.807) is 37.3 Å². The van der Waals surface area contributed by atoms with Crippen molar-refractivity contribution in [2.75, 3.05) is 5.75 Å². The normalized spacial score (nSPS) is 14.1. The van der Waals surface area contributed by atoms with E-state index in [4.69, 9.17) is 11.6 Å². The number of fused-ring (bicyclic) bond motifs is 1. The van der Waals surface area contributed by atoms with Crippen molar-refractivity contribution in [3.05, 3.63) is 99.5 Å². The van der Waals surface area contributed by atoms with E-state index in [0.29, 0.717) is 28.2 Å². The Morgan fingerprint density at radius 1 is 1.05 bits per heavy atom. The van der Waals surface area contributed by atoms with Crippen molar-refractivity contribution in [3.63, 3.8) is 0 Å². The molecule has 5 rings (SSSR count). The zero-order valence-corrected chi connectivity index (χ0v) is 22.9. The Morgan fingerprint density at radius 3 is 2.38 bits per heavy atom. The molecule has 210 valence electrons. The van der Waals surface area contributed by atoms with Crippen LogP contribution in [0.15, 0.2) is 65.6 Å². The first-order valence-electron chi connectivity index (χ1n) is 12.7. The lowest BCUT2D eigenvalue weighted by Gasteiger charge is -2.15. The Bertz CT molecular complexity index is 1710. The summed E-state index contributed by atoms with van der Waals surface area (Å²) < 4.78 is 80.5. The van der Waals surface area contributed by atoms with Gasteiger partial charge in [0.15, 0.2) is 9.84 Å². The number of carbonyl (C=O) groups excluding carboxylic acids is 1. The van der Waals surface area contributed by atoms with E-state index >= 15 is 0 Å². The molecule has 3 aromatic carbocycles. The van der Waals surface area contributed by atoms with Gasteiger partial charge in [0.05, 0.1) is 32.3 Å². The Labute approximate surface area is 233 Å². The highest BCUT2D eigenvalue weighted by Crippen LogP contribution is 2.42. The van der Waals surface area contributed by atoms with Crippen molar-refractivity contribution in [1.82, 2.24) is 9.88 Å². The largest absolute Gasteiger partial charge is 0.416 e. The van der Waals surface area contributed by atoms with Gasteiger partial charge in [0.25, 0.3) is 5.91 Å². The lowest BCUT2D eigenvalue weighted by molar-refractivity contribution is -0.138. The summed E-state index contributed by atoms with van der Waals surface area (Å²) in [6, 6.07) is 14.0. The quantitative estimate of drug-likeness (QED) is 0.222. The van der Waals surface area contributed by atoms with Crippen molar-refractivity contribution in [3.8, 4) is 0 Å². The lowest BCUT2D eigenvalue weighted by atomic mass is 10.0. The number of alkyl halides is 3. The minimum absolute atomic E-state index is 0.0123. The molecule has 0 spiro atoms. The summed E-state index contributed by atoms with van der Waals surface area (Å²) in [4.78, 5) is 13.2. The maximum Gasteiger partial charge on any atom is 0.416 e. The molecular weight excluding hydrogens is 568 g/mol. The van der Waals surface area contributed by atoms with Crippen LogP contribution >= 0.6 is 11.6 Å². The number of rotatable bonds is 8. The maximum atomic E-state index is 13.6. The van der Waals surface area contributed by atoms with Gasteiger partial charge in [0.2, 0.25) is 0 Å². The molecular formula is C29H25ClF4N2O3S. The van der Waals surface area contributed by atoms with Gasteiger partial charge in [0.1, 0.15) is 5.82 Å². The second-order valence-electron chi connectivity index (χ2n) is 9.83. The molecule has 1 aliphatic rings. The number of carbonyl (C=O) groups is 1. The van der Waals surface area contributed by atoms with Gasteiger partial charge in [-0.2, -0.15) is 13.2 Å². The van der Waals surface area contributed by atoms with Crippen LogP contribution in [0.5, 0.6) is 0 Å². The topological polar surface area (TPSA) is 68.2 Å². The standard InChI is InChI=1S/C29H25ClF4N2O3S/c1-2-40(38,39)23-9-3-17(4-10-23)16-35-28(37)24-13-19-12-22(36(21-7-8-21)27(19)15-26(24)30)11-18-5-6-20(31)14-25(18)29(32,33)34/h3-6,9-10,12-15,21H,2,7-8,11,16H2,1H3,(H,35,37). The summed E-state index contributed by atoms with van der Waals surface area (Å²) in [5.41, 5.74) is 1.17. The molecule has 0 bridgehead atoms. The first kappa shape index (κ1) is 28.2. The summed E-state index contributed by atoms with van der Waals surface area (Å²) in [5, 5.41) is 3.63. The number of hydrogen-bond acceptors (Lipinski definition) is 3. The number of halogens is 5. The van der Waals surface area contributed by atoms with Gasteiger partial charge < -0.3 is 9.88 Å². The van der Waals surface area contributed by atoms with Crippen LogP contribution in [0, 0.1) is 5.82 Å². The van der Waals surface area contributed by atoms with Crippen molar-refractivity contribution < 1.29 is 30.8 Å². The van der Waals surface area contributed by atoms with E-state index in [2.05, 4.69) is 5.32 Å². The maximum absolute atomic E-state index is 13.6. The van der Waals surface area contributed by atoms with E-state index in [9.17, 15) is 30.8 Å². The Hall–Kier alpha value is -3.37. The van der Waals surface area contributed by atoms with E-state index in [1.165, 1.54) is 12.1 Å².